The molecule has 1 aromatic carbocycles. The number of aliphatic hydroxyl groups is 1. The third-order valence-electron chi connectivity index (χ3n) is 11.5. The zero-order valence-corrected chi connectivity index (χ0v) is 31.9. The summed E-state index contributed by atoms with van der Waals surface area (Å²) in [7, 11) is 0. The maximum atomic E-state index is 17.2. The van der Waals surface area contributed by atoms with Crippen LogP contribution >= 0.6 is 0 Å². The number of phenols is 2. The van der Waals surface area contributed by atoms with Gasteiger partial charge in [-0.3, -0.25) is 14.4 Å². The second-order valence-electron chi connectivity index (χ2n) is 15.0. The van der Waals surface area contributed by atoms with Gasteiger partial charge in [0.05, 0.1) is 31.5 Å². The van der Waals surface area contributed by atoms with Crippen molar-refractivity contribution in [3.8, 4) is 17.2 Å². The normalized spacial score (nSPS) is 28.9. The molecule has 0 heterocycles. The molecule has 8 atom stereocenters. The number of carboxylic acids is 1. The van der Waals surface area contributed by atoms with Crippen LogP contribution in [0.4, 0.5) is 13.6 Å². The van der Waals surface area contributed by atoms with Crippen LogP contribution in [0.1, 0.15) is 75.6 Å². The van der Waals surface area contributed by atoms with E-state index in [1.807, 2.05) is 0 Å². The Morgan fingerprint density at radius 3 is 2.24 bits per heavy atom. The van der Waals surface area contributed by atoms with Crippen molar-refractivity contribution in [3.05, 3.63) is 61.7 Å². The molecular weight excluding hydrogens is 798 g/mol. The van der Waals surface area contributed by atoms with E-state index in [9.17, 15) is 59.5 Å². The lowest BCUT2D eigenvalue weighted by molar-refractivity contribution is -0.757. The minimum atomic E-state index is -2.29. The summed E-state index contributed by atoms with van der Waals surface area (Å²) in [5.41, 5.74) is -5.12. The first-order valence-electron chi connectivity index (χ1n) is 18.5. The molecule has 3 fully saturated rings. The van der Waals surface area contributed by atoms with Crippen LogP contribution in [0.5, 0.6) is 17.2 Å². The number of alkyl halides is 2. The number of carboxylic acid groups (broad SMARTS) is 1. The number of aromatic hydroxyl groups is 2. The second-order valence-corrected chi connectivity index (χ2v) is 15.0. The second kappa shape index (κ2) is 18.8. The van der Waals surface area contributed by atoms with Gasteiger partial charge < -0.3 is 44.3 Å². The van der Waals surface area contributed by atoms with E-state index in [4.69, 9.17) is 19.3 Å². The number of Topliss-reactive ketones (excluding diaryl/α,β-unsaturated/α-hetero) is 1. The quantitative estimate of drug-likeness (QED) is 0.0450. The Morgan fingerprint density at radius 1 is 0.949 bits per heavy atom. The molecule has 22 heteroatoms. The number of halogens is 2. The van der Waals surface area contributed by atoms with Crippen molar-refractivity contribution in [2.45, 2.75) is 83.2 Å². The van der Waals surface area contributed by atoms with E-state index >= 15 is 8.78 Å². The van der Waals surface area contributed by atoms with Gasteiger partial charge in [0.1, 0.15) is 6.17 Å². The average molecular weight is 843 g/mol. The summed E-state index contributed by atoms with van der Waals surface area (Å²) in [6, 6.07) is 1.75. The van der Waals surface area contributed by atoms with Crippen molar-refractivity contribution in [2.75, 3.05) is 26.4 Å². The number of benzene rings is 1. The van der Waals surface area contributed by atoms with Gasteiger partial charge in [-0.1, -0.05) is 13.0 Å². The number of phenolic OH excluding ortho intramolecular Hbond substituents is 2. The Hall–Kier alpha value is -5.93. The number of aliphatic carboxylic acids is 1. The van der Waals surface area contributed by atoms with E-state index in [-0.39, 0.29) is 75.9 Å². The number of carbonyl (C=O) groups is 5. The number of ether oxygens (including phenoxy) is 3. The Morgan fingerprint density at radius 2 is 1.59 bits per heavy atom. The lowest BCUT2D eigenvalue weighted by Crippen LogP contribution is -2.68. The minimum Gasteiger partial charge on any atom is -0.504 e. The molecule has 0 saturated heterocycles. The minimum absolute atomic E-state index is 0.00123. The first-order chi connectivity index (χ1) is 27.6. The Bertz CT molecular complexity index is 1870. The number of rotatable bonds is 16. The van der Waals surface area contributed by atoms with Gasteiger partial charge in [0, 0.05) is 23.7 Å². The summed E-state index contributed by atoms with van der Waals surface area (Å²) in [4.78, 5) is 87.8. The monoisotopic (exact) mass is 842 g/mol. The number of esters is 1. The largest absolute Gasteiger partial charge is 0.514 e. The van der Waals surface area contributed by atoms with E-state index in [0.29, 0.717) is 6.42 Å². The molecule has 1 aromatic rings. The van der Waals surface area contributed by atoms with Crippen LogP contribution in [0.25, 0.3) is 0 Å². The lowest BCUT2D eigenvalue weighted by Gasteiger charge is -2.62. The van der Waals surface area contributed by atoms with Gasteiger partial charge in [-0.25, -0.2) is 18.4 Å². The van der Waals surface area contributed by atoms with Crippen LogP contribution < -0.4 is 4.74 Å². The Labute approximate surface area is 333 Å². The molecule has 4 aliphatic rings. The molecule has 6 unspecified atom stereocenters. The van der Waals surface area contributed by atoms with Crippen molar-refractivity contribution in [3.63, 3.8) is 0 Å². The summed E-state index contributed by atoms with van der Waals surface area (Å²) < 4.78 is 47.7. The third kappa shape index (κ3) is 10.0. The van der Waals surface area contributed by atoms with Gasteiger partial charge in [-0.05, 0) is 93.1 Å². The zero-order valence-electron chi connectivity index (χ0n) is 31.9. The molecule has 4 aliphatic carbocycles. The number of allylic oxidation sites excluding steroid dienone is 4. The molecule has 0 amide bonds. The number of nitrogens with zero attached hydrogens (tertiary/aromatic N) is 2. The zero-order chi connectivity index (χ0) is 43.9. The highest BCUT2D eigenvalue weighted by Gasteiger charge is 2.72. The first kappa shape index (κ1) is 45.8. The fourth-order valence-electron chi connectivity index (χ4n) is 8.82. The number of ketones is 2. The van der Waals surface area contributed by atoms with Crippen molar-refractivity contribution >= 4 is 29.7 Å². The van der Waals surface area contributed by atoms with Crippen molar-refractivity contribution < 1.29 is 87.2 Å². The molecule has 5 rings (SSSR count). The number of aliphatic hydroxyl groups excluding tert-OH is 1. The Balaban J connectivity index is 0.000000680. The Kier molecular flexibility index (Phi) is 14.6. The van der Waals surface area contributed by atoms with Gasteiger partial charge in [-0.2, -0.15) is 0 Å². The van der Waals surface area contributed by atoms with Gasteiger partial charge >= 0.3 is 18.1 Å². The molecule has 0 bridgehead atoms. The van der Waals surface area contributed by atoms with Crippen LogP contribution in [0, 0.1) is 48.8 Å². The molecule has 0 radical (unpaired) electrons. The van der Waals surface area contributed by atoms with Crippen LogP contribution in [0.3, 0.4) is 0 Å². The van der Waals surface area contributed by atoms with Gasteiger partial charge in [0.25, 0.3) is 10.2 Å². The van der Waals surface area contributed by atoms with Gasteiger partial charge in [0.2, 0.25) is 5.75 Å². The molecule has 3 saturated carbocycles. The summed E-state index contributed by atoms with van der Waals surface area (Å²) in [6.45, 7) is 1.93. The van der Waals surface area contributed by atoms with Crippen LogP contribution in [0.15, 0.2) is 35.9 Å². The van der Waals surface area contributed by atoms with Gasteiger partial charge in [0.15, 0.2) is 35.3 Å². The fourth-order valence-corrected chi connectivity index (χ4v) is 8.82. The standard InChI is InChI=1S/C33H37F2NO13.C4H7NO5/c1-31-15-27(40)33(35)21(14-23(34)22-13-18(37)7-8-32(22,33)2)19(31)5-6-20(31)25(39)16-47-30(43)49-26-12-17(11-24(38)28(26)41)29(42)46-9-3-4-10-48-36(44)45;6-4(7)2-1-3-10-5(8)9/h7-8,11-13,19-21,23,27,38,40-41H,3-6,9-10,14-16H2,1-2H3;1-3H2,(H,6,7)/t19?,20?,21?,23-,27?,31?,32?,33-;/m0./s1. The third-order valence-corrected chi connectivity index (χ3v) is 11.5. The van der Waals surface area contributed by atoms with Crippen LogP contribution in [-0.4, -0.2) is 105 Å². The number of hydrogen-bond donors (Lipinski definition) is 4. The predicted molar refractivity (Wildman–Crippen MR) is 191 cm³/mol. The van der Waals surface area contributed by atoms with Crippen molar-refractivity contribution in [1.82, 2.24) is 0 Å². The number of hydrogen-bond acceptors (Lipinski definition) is 17. The number of carbonyl (C=O) groups excluding carboxylic acids is 4. The average Bonchev–Trinajstić information content (AvgIpc) is 3.50. The maximum Gasteiger partial charge on any atom is 0.514 e. The highest BCUT2D eigenvalue weighted by atomic mass is 19.1. The molecule has 20 nitrogen and oxygen atoms in total. The summed E-state index contributed by atoms with van der Waals surface area (Å²) in [5.74, 6) is -7.60. The van der Waals surface area contributed by atoms with Gasteiger partial charge in [-0.15, -0.1) is 20.2 Å². The van der Waals surface area contributed by atoms with Crippen molar-refractivity contribution in [1.29, 1.82) is 0 Å². The highest BCUT2D eigenvalue weighted by Crippen LogP contribution is 2.69. The van der Waals surface area contributed by atoms with Crippen LogP contribution in [0.2, 0.25) is 0 Å². The smallest absolute Gasteiger partial charge is 0.504 e. The number of fused-ring (bicyclic) bond motifs is 5. The van der Waals surface area contributed by atoms with E-state index in [2.05, 4.69) is 9.68 Å². The first-order valence-corrected chi connectivity index (χ1v) is 18.5. The van der Waals surface area contributed by atoms with E-state index < -0.39 is 110 Å². The summed E-state index contributed by atoms with van der Waals surface area (Å²) in [5, 5.41) is 57.4. The molecule has 4 N–H and O–H groups in total. The number of unbranched alkanes of at least 4 members (excludes halogenated alkanes) is 1. The topological polar surface area (TPSA) is 299 Å². The highest BCUT2D eigenvalue weighted by molar-refractivity contribution is 6.01. The molecule has 59 heavy (non-hydrogen) atoms. The molecule has 324 valence electrons. The molecular formula is C37H44F2N2O18. The summed E-state index contributed by atoms with van der Waals surface area (Å²) >= 11 is 0. The van der Waals surface area contributed by atoms with E-state index in [1.54, 1.807) is 6.92 Å². The van der Waals surface area contributed by atoms with Crippen molar-refractivity contribution in [2.24, 2.45) is 28.6 Å². The summed E-state index contributed by atoms with van der Waals surface area (Å²) in [6.07, 6.45) is -0.313. The predicted octanol–water partition coefficient (Wildman–Crippen LogP) is 4.32. The fraction of sp³-hybridized carbons (Fsp3) is 0.595. The molecule has 0 aliphatic heterocycles. The SMILES string of the molecule is CC12CC(O)[C@@]3(F)C(C[C@H](F)C4=CC(=O)C=CC43C)C1CCC2C(=O)COC(=O)Oc1cc(C(=O)OCCCCO[N+](=O)[O-])cc(O)c1O.O=C(O)CCCO[N+](=O)[O-]. The lowest BCUT2D eigenvalue weighted by atomic mass is 9.45. The van der Waals surface area contributed by atoms with E-state index in [1.165, 1.54) is 19.1 Å². The van der Waals surface area contributed by atoms with E-state index in [0.717, 1.165) is 18.2 Å². The maximum absolute atomic E-state index is 17.2. The van der Waals surface area contributed by atoms with Crippen LogP contribution in [-0.2, 0) is 33.5 Å². The molecule has 0 aromatic heterocycles. The molecule has 0 spiro atoms.